The maximum Gasteiger partial charge on any atom is 0.0311 e. The van der Waals surface area contributed by atoms with E-state index in [1.807, 2.05) is 0 Å². The van der Waals surface area contributed by atoms with Crippen molar-refractivity contribution >= 4 is 48.8 Å². The zero-order valence-electron chi connectivity index (χ0n) is 5.90. The summed E-state index contributed by atoms with van der Waals surface area (Å²) in [4.78, 5) is 0. The van der Waals surface area contributed by atoms with Crippen molar-refractivity contribution < 1.29 is 0 Å². The van der Waals surface area contributed by atoms with Crippen molar-refractivity contribution in [2.24, 2.45) is 0 Å². The molecule has 1 aromatic carbocycles. The van der Waals surface area contributed by atoms with E-state index in [1.54, 1.807) is 0 Å². The van der Waals surface area contributed by atoms with Gasteiger partial charge in [-0.3, -0.25) is 0 Å². The summed E-state index contributed by atoms with van der Waals surface area (Å²) in [6.07, 6.45) is 1.09. The summed E-state index contributed by atoms with van der Waals surface area (Å²) in [5.41, 5.74) is 1.37. The molecule has 3 radical (unpaired) electrons. The molecule has 3 heteroatoms. The summed E-state index contributed by atoms with van der Waals surface area (Å²) in [7, 11) is 3.46. The first-order valence-corrected chi connectivity index (χ1v) is 5.90. The van der Waals surface area contributed by atoms with Crippen LogP contribution in [0.4, 0.5) is 0 Å². The first-order valence-electron chi connectivity index (χ1n) is 3.32. The molecule has 0 saturated carbocycles. The van der Waals surface area contributed by atoms with Gasteiger partial charge in [-0.15, -0.1) is 0 Å². The zero-order valence-corrected chi connectivity index (χ0v) is 10.6. The Balaban J connectivity index is 2.86. The number of aryl methyl sites for hydroxylation is 1. The number of halogens is 2. The lowest BCUT2D eigenvalue weighted by Gasteiger charge is -2.00. The van der Waals surface area contributed by atoms with Gasteiger partial charge in [0.2, 0.25) is 0 Å². The minimum atomic E-state index is 1.02. The fourth-order valence-corrected chi connectivity index (χ4v) is 1.89. The van der Waals surface area contributed by atoms with E-state index in [-0.39, 0.29) is 0 Å². The predicted molar refractivity (Wildman–Crippen MR) is 61.1 cm³/mol. The fraction of sp³-hybridized carbons (Fsp3) is 0.250. The van der Waals surface area contributed by atoms with Crippen LogP contribution in [-0.2, 0) is 6.42 Å². The van der Waals surface area contributed by atoms with Gasteiger partial charge in [0.05, 0.1) is 0 Å². The maximum atomic E-state index is 3.49. The molecule has 0 atom stereocenters. The van der Waals surface area contributed by atoms with E-state index in [0.29, 0.717) is 0 Å². The molecule has 1 rings (SSSR count). The molecule has 0 aromatic heterocycles. The summed E-state index contributed by atoms with van der Waals surface area (Å²) in [6, 6.07) is 7.48. The highest BCUT2D eigenvalue weighted by molar-refractivity contribution is 14.1. The number of benzene rings is 1. The smallest absolute Gasteiger partial charge is 0.0311 e. The summed E-state index contributed by atoms with van der Waals surface area (Å²) in [6.45, 7) is 0. The van der Waals surface area contributed by atoms with Crippen LogP contribution in [0.1, 0.15) is 5.56 Å². The third-order valence-corrected chi connectivity index (χ3v) is 3.99. The SMILES string of the molecule is [Si]CCc1ccc(I)c(Br)c1. The van der Waals surface area contributed by atoms with Gasteiger partial charge in [-0.05, 0) is 62.6 Å². The lowest BCUT2D eigenvalue weighted by atomic mass is 10.2. The quantitative estimate of drug-likeness (QED) is 0.574. The average molecular weight is 338 g/mol. The normalized spacial score (nSPS) is 10.1. The van der Waals surface area contributed by atoms with Crippen LogP contribution in [0.5, 0.6) is 0 Å². The average Bonchev–Trinajstić information content (AvgIpc) is 1.98. The Morgan fingerprint density at radius 1 is 1.45 bits per heavy atom. The second-order valence-corrected chi connectivity index (χ2v) is 4.76. The van der Waals surface area contributed by atoms with E-state index < -0.39 is 0 Å². The molecule has 11 heavy (non-hydrogen) atoms. The van der Waals surface area contributed by atoms with E-state index >= 15 is 0 Å². The minimum Gasteiger partial charge on any atom is -0.0597 e. The monoisotopic (exact) mass is 337 g/mol. The number of hydrogen-bond acceptors (Lipinski definition) is 0. The molecule has 0 aliphatic rings. The molecule has 0 nitrogen and oxygen atoms in total. The van der Waals surface area contributed by atoms with Gasteiger partial charge in [0, 0.05) is 18.3 Å². The molecule has 0 saturated heterocycles. The highest BCUT2D eigenvalue weighted by atomic mass is 127. The molecule has 0 N–H and O–H groups in total. The molecule has 0 aliphatic carbocycles. The van der Waals surface area contributed by atoms with Crippen LogP contribution in [0.2, 0.25) is 6.04 Å². The van der Waals surface area contributed by atoms with Gasteiger partial charge in [-0.1, -0.05) is 12.1 Å². The predicted octanol–water partition coefficient (Wildman–Crippen LogP) is 3.18. The van der Waals surface area contributed by atoms with Crippen LogP contribution < -0.4 is 0 Å². The first-order chi connectivity index (χ1) is 5.24. The van der Waals surface area contributed by atoms with E-state index in [1.165, 1.54) is 13.6 Å². The largest absolute Gasteiger partial charge is 0.0597 e. The van der Waals surface area contributed by atoms with Crippen LogP contribution in [0.25, 0.3) is 0 Å². The molecule has 0 aliphatic heterocycles. The number of hydrogen-bond donors (Lipinski definition) is 0. The molecular weight excluding hydrogens is 331 g/mol. The third-order valence-electron chi connectivity index (χ3n) is 1.40. The van der Waals surface area contributed by atoms with Crippen molar-refractivity contribution in [3.05, 3.63) is 31.8 Å². The molecule has 0 unspecified atom stereocenters. The van der Waals surface area contributed by atoms with E-state index in [0.717, 1.165) is 12.5 Å². The molecule has 57 valence electrons. The molecule has 1 aromatic rings. The highest BCUT2D eigenvalue weighted by Crippen LogP contribution is 2.20. The van der Waals surface area contributed by atoms with Gasteiger partial charge in [-0.2, -0.15) is 0 Å². The first kappa shape index (κ1) is 9.73. The van der Waals surface area contributed by atoms with Gasteiger partial charge in [-0.25, -0.2) is 0 Å². The van der Waals surface area contributed by atoms with Crippen LogP contribution in [0.15, 0.2) is 22.7 Å². The van der Waals surface area contributed by atoms with Crippen molar-refractivity contribution in [3.63, 3.8) is 0 Å². The van der Waals surface area contributed by atoms with Gasteiger partial charge in [0.15, 0.2) is 0 Å². The van der Waals surface area contributed by atoms with Gasteiger partial charge >= 0.3 is 0 Å². The Bertz CT molecular complexity index is 250. The van der Waals surface area contributed by atoms with Gasteiger partial charge in [0.1, 0.15) is 0 Å². The Labute approximate surface area is 92.5 Å². The molecule has 0 bridgehead atoms. The van der Waals surface area contributed by atoms with Crippen molar-refractivity contribution in [3.8, 4) is 0 Å². The summed E-state index contributed by atoms with van der Waals surface area (Å²) in [5, 5.41) is 0. The maximum absolute atomic E-state index is 3.49. The fourth-order valence-electron chi connectivity index (χ4n) is 0.839. The highest BCUT2D eigenvalue weighted by Gasteiger charge is 1.96. The molecule has 0 spiro atoms. The van der Waals surface area contributed by atoms with Crippen molar-refractivity contribution in [2.75, 3.05) is 0 Å². The molecular formula is C8H7BrISi. The van der Waals surface area contributed by atoms with Crippen LogP contribution >= 0.6 is 38.5 Å². The Kier molecular flexibility index (Phi) is 4.09. The zero-order chi connectivity index (χ0) is 8.27. The summed E-state index contributed by atoms with van der Waals surface area (Å²) < 4.78 is 2.45. The molecule has 0 fully saturated rings. The molecule has 0 amide bonds. The summed E-state index contributed by atoms with van der Waals surface area (Å²) >= 11 is 5.80. The van der Waals surface area contributed by atoms with Gasteiger partial charge in [0.25, 0.3) is 0 Å². The van der Waals surface area contributed by atoms with Crippen LogP contribution in [0, 0.1) is 3.57 Å². The third kappa shape index (κ3) is 2.87. The molecule has 0 heterocycles. The van der Waals surface area contributed by atoms with Gasteiger partial charge < -0.3 is 0 Å². The lowest BCUT2D eigenvalue weighted by Crippen LogP contribution is -1.84. The van der Waals surface area contributed by atoms with E-state index in [2.05, 4.69) is 67.0 Å². The number of rotatable bonds is 2. The summed E-state index contributed by atoms with van der Waals surface area (Å²) in [5.74, 6) is 0. The Morgan fingerprint density at radius 2 is 2.18 bits per heavy atom. The Hall–Kier alpha value is 0.647. The topological polar surface area (TPSA) is 0 Å². The van der Waals surface area contributed by atoms with Crippen molar-refractivity contribution in [1.29, 1.82) is 0 Å². The standard InChI is InChI=1S/C8H7BrISi/c9-7-5-6(3-4-11)1-2-8(7)10/h1-2,5H,3-4H2. The van der Waals surface area contributed by atoms with Crippen molar-refractivity contribution in [2.45, 2.75) is 12.5 Å². The Morgan fingerprint density at radius 3 is 2.73 bits per heavy atom. The minimum absolute atomic E-state index is 1.02. The van der Waals surface area contributed by atoms with E-state index in [9.17, 15) is 0 Å². The lowest BCUT2D eigenvalue weighted by molar-refractivity contribution is 1.13. The second kappa shape index (κ2) is 4.62. The second-order valence-electron chi connectivity index (χ2n) is 2.25. The van der Waals surface area contributed by atoms with Crippen LogP contribution in [0.3, 0.4) is 0 Å². The van der Waals surface area contributed by atoms with E-state index in [4.69, 9.17) is 0 Å². The van der Waals surface area contributed by atoms with Crippen molar-refractivity contribution in [1.82, 2.24) is 0 Å². The van der Waals surface area contributed by atoms with Crippen LogP contribution in [-0.4, -0.2) is 10.2 Å².